The molecular formula is C59H85N5O16S. The Morgan fingerprint density at radius 1 is 0.852 bits per heavy atom. The van der Waals surface area contributed by atoms with Gasteiger partial charge in [0, 0.05) is 74.9 Å². The highest BCUT2D eigenvalue weighted by atomic mass is 32.2. The molecule has 6 heterocycles. The first kappa shape index (κ1) is 63.5. The van der Waals surface area contributed by atoms with Gasteiger partial charge in [-0.2, -0.15) is 5.10 Å². The summed E-state index contributed by atoms with van der Waals surface area (Å²) >= 11 is 1.35. The van der Waals surface area contributed by atoms with Crippen molar-refractivity contribution < 1.29 is 76.1 Å². The van der Waals surface area contributed by atoms with Crippen LogP contribution in [0.4, 0.5) is 4.79 Å². The topological polar surface area (TPSA) is 234 Å². The van der Waals surface area contributed by atoms with Crippen molar-refractivity contribution in [2.45, 2.75) is 198 Å². The molecule has 0 bridgehead atoms. The summed E-state index contributed by atoms with van der Waals surface area (Å²) < 4.78 is 72.4. The molecular weight excluding hydrogens is 1070 g/mol. The average molecular weight is 1150 g/mol. The van der Waals surface area contributed by atoms with Crippen LogP contribution in [-0.4, -0.2) is 172 Å². The van der Waals surface area contributed by atoms with E-state index in [0.717, 1.165) is 11.1 Å². The van der Waals surface area contributed by atoms with E-state index in [1.807, 2.05) is 103 Å². The maximum Gasteiger partial charge on any atom is 0.509 e. The third-order valence-electron chi connectivity index (χ3n) is 17.0. The number of esters is 3. The van der Waals surface area contributed by atoms with Crippen LogP contribution in [0.25, 0.3) is 11.4 Å². The Balaban J connectivity index is 1.25. The molecule has 22 heteroatoms. The Morgan fingerprint density at radius 2 is 1.56 bits per heavy atom. The molecule has 0 N–H and O–H groups in total. The summed E-state index contributed by atoms with van der Waals surface area (Å²) in [6, 6.07) is 12.6. The molecule has 81 heavy (non-hydrogen) atoms. The molecule has 3 aromatic rings. The molecule has 21 nitrogen and oxygen atoms in total. The first-order valence-electron chi connectivity index (χ1n) is 28.2. The van der Waals surface area contributed by atoms with Gasteiger partial charge in [0.25, 0.3) is 0 Å². The molecule has 4 aliphatic rings. The SMILES string of the molecule is CC[C@H]1OC(=O)[C@H](C)[C@@H](O[C@H]2C[C@@](C)(OC)[C@@H](OC(=O)OCc3ccccc3)[C@H](C)O2)[C@H](C)[C@@H](O[C@@H]2O[C@H](C)C[C@H](N(C)C)[C@H]2OC(C)=O)[C@](C)(OC)C[C@@H](C)C(=O)[C@H](C)[C@H]2[C@H](SCCn3cnc(-c4cccnc4)n3)C(=O)O[C@@]21C. The predicted molar refractivity (Wildman–Crippen MR) is 297 cm³/mol. The zero-order valence-corrected chi connectivity index (χ0v) is 50.5. The van der Waals surface area contributed by atoms with Gasteiger partial charge in [-0.15, -0.1) is 11.8 Å². The highest BCUT2D eigenvalue weighted by Crippen LogP contribution is 2.50. The molecule has 4 fully saturated rings. The van der Waals surface area contributed by atoms with Crippen molar-refractivity contribution in [1.29, 1.82) is 0 Å². The van der Waals surface area contributed by atoms with Crippen molar-refractivity contribution in [3.8, 4) is 11.4 Å². The van der Waals surface area contributed by atoms with Gasteiger partial charge < -0.3 is 57.0 Å². The number of hydrogen-bond donors (Lipinski definition) is 0. The molecule has 2 aromatic heterocycles. The van der Waals surface area contributed by atoms with Crippen LogP contribution in [0.1, 0.15) is 107 Å². The molecule has 0 aliphatic carbocycles. The van der Waals surface area contributed by atoms with Crippen LogP contribution < -0.4 is 0 Å². The van der Waals surface area contributed by atoms with E-state index in [0.29, 0.717) is 24.5 Å². The van der Waals surface area contributed by atoms with Crippen LogP contribution in [-0.2, 0) is 84.4 Å². The number of hydrogen-bond acceptors (Lipinski definition) is 21. The van der Waals surface area contributed by atoms with Crippen LogP contribution in [0.2, 0.25) is 0 Å². The minimum Gasteiger partial charge on any atom is -0.458 e. The summed E-state index contributed by atoms with van der Waals surface area (Å²) in [5.41, 5.74) is -2.48. The second-order valence-electron chi connectivity index (χ2n) is 23.2. The van der Waals surface area contributed by atoms with E-state index in [1.165, 1.54) is 32.9 Å². The fraction of sp³-hybridized carbons (Fsp3) is 0.695. The summed E-state index contributed by atoms with van der Waals surface area (Å²) in [6.07, 6.45) is -3.59. The fourth-order valence-corrected chi connectivity index (χ4v) is 14.0. The summed E-state index contributed by atoms with van der Waals surface area (Å²) in [7, 11) is 6.82. The minimum absolute atomic E-state index is 0.0109. The van der Waals surface area contributed by atoms with Crippen LogP contribution in [0.3, 0.4) is 0 Å². The van der Waals surface area contributed by atoms with Gasteiger partial charge in [-0.05, 0) is 92.6 Å². The fourth-order valence-electron chi connectivity index (χ4n) is 12.6. The lowest BCUT2D eigenvalue weighted by molar-refractivity contribution is -0.320. The number of rotatable bonds is 17. The average Bonchev–Trinajstić information content (AvgIpc) is 4.20. The van der Waals surface area contributed by atoms with E-state index < -0.39 is 125 Å². The van der Waals surface area contributed by atoms with Gasteiger partial charge in [0.2, 0.25) is 0 Å². The summed E-state index contributed by atoms with van der Waals surface area (Å²) in [5.74, 6) is -5.20. The lowest BCUT2D eigenvalue weighted by atomic mass is 9.70. The number of Topliss-reactive ketones (excluding diaryl/α,β-unsaturated/α-hetero) is 1. The van der Waals surface area contributed by atoms with E-state index in [4.69, 9.17) is 52.1 Å². The maximum absolute atomic E-state index is 15.4. The van der Waals surface area contributed by atoms with Gasteiger partial charge in [-0.25, -0.2) is 9.78 Å². The van der Waals surface area contributed by atoms with Crippen LogP contribution >= 0.6 is 11.8 Å². The number of ether oxygens (including phenoxy) is 11. The molecule has 4 saturated heterocycles. The lowest BCUT2D eigenvalue weighted by Crippen LogP contribution is -2.62. The van der Waals surface area contributed by atoms with E-state index in [2.05, 4.69) is 15.1 Å². The number of ketones is 1. The number of cyclic esters (lactones) is 1. The van der Waals surface area contributed by atoms with Crippen molar-refractivity contribution in [3.05, 3.63) is 66.7 Å². The molecule has 0 spiro atoms. The second-order valence-corrected chi connectivity index (χ2v) is 24.4. The molecule has 4 aliphatic heterocycles. The number of carbonyl (C=O) groups excluding carboxylic acids is 5. The number of aryl methyl sites for hydroxylation is 1. The van der Waals surface area contributed by atoms with E-state index in [1.54, 1.807) is 51.1 Å². The molecule has 448 valence electrons. The standard InChI is InChI=1S/C59H85N5O16S/c1-16-43-59(11)45(49(54(68)80-59)81-26-25-64-32-61-52(62-64)41-23-20-24-60-30-41)35(4)46(66)33(2)28-57(9,70-14)50(78-55-48(75-39(8)65)42(63(12)13)27-34(3)73-55)36(5)47(37(6)53(67)76-43)77-44-29-58(10,71-15)51(38(7)74-44)79-56(69)72-31-40-21-18-17-19-22-40/h17-24,30,32-38,42-45,47-51,55H,16,25-29,31H2,1-15H3/t33-,34-,35-,36+,37-,38+,42+,43-,44+,45+,47+,48-,49+,50-,51+,55+,57-,58-,59-/m1/s1. The molecule has 0 unspecified atom stereocenters. The molecule has 1 aromatic carbocycles. The Hall–Kier alpha value is -5.07. The van der Waals surface area contributed by atoms with Crippen LogP contribution in [0.15, 0.2) is 61.2 Å². The Labute approximate surface area is 480 Å². The van der Waals surface area contributed by atoms with Gasteiger partial charge in [-0.3, -0.25) is 28.8 Å². The number of thioether (sulfide) groups is 1. The number of benzene rings is 1. The molecule has 0 saturated carbocycles. The number of pyridine rings is 1. The third-order valence-corrected chi connectivity index (χ3v) is 18.3. The van der Waals surface area contributed by atoms with Gasteiger partial charge in [-0.1, -0.05) is 58.0 Å². The summed E-state index contributed by atoms with van der Waals surface area (Å²) in [4.78, 5) is 81.8. The smallest absolute Gasteiger partial charge is 0.458 e. The quantitative estimate of drug-likeness (QED) is 0.0932. The van der Waals surface area contributed by atoms with E-state index in [-0.39, 0.29) is 43.8 Å². The summed E-state index contributed by atoms with van der Waals surface area (Å²) in [5, 5.41) is 3.80. The van der Waals surface area contributed by atoms with Crippen molar-refractivity contribution in [3.63, 3.8) is 0 Å². The van der Waals surface area contributed by atoms with E-state index in [9.17, 15) is 14.4 Å². The van der Waals surface area contributed by atoms with Crippen LogP contribution in [0, 0.1) is 29.6 Å². The van der Waals surface area contributed by atoms with Gasteiger partial charge in [0.1, 0.15) is 35.7 Å². The third kappa shape index (κ3) is 14.5. The second kappa shape index (κ2) is 27.1. The number of methoxy groups -OCH3 is 2. The lowest BCUT2D eigenvalue weighted by Gasteiger charge is -2.50. The molecule has 7 rings (SSSR count). The van der Waals surface area contributed by atoms with E-state index >= 15 is 9.59 Å². The molecule has 19 atom stereocenters. The number of carbonyl (C=O) groups is 5. The number of likely N-dealkylation sites (N-methyl/N-ethyl adjacent to an activating group) is 1. The Morgan fingerprint density at radius 3 is 2.20 bits per heavy atom. The highest BCUT2D eigenvalue weighted by Gasteiger charge is 2.62. The molecule has 0 amide bonds. The van der Waals surface area contributed by atoms with Gasteiger partial charge in [0.05, 0.1) is 48.5 Å². The largest absolute Gasteiger partial charge is 0.509 e. The highest BCUT2D eigenvalue weighted by molar-refractivity contribution is 8.00. The van der Waals surface area contributed by atoms with Crippen molar-refractivity contribution in [2.75, 3.05) is 34.1 Å². The Bertz CT molecular complexity index is 2600. The Kier molecular flexibility index (Phi) is 21.2. The van der Waals surface area contributed by atoms with Crippen molar-refractivity contribution >= 4 is 41.6 Å². The predicted octanol–water partition coefficient (Wildman–Crippen LogP) is 7.65. The van der Waals surface area contributed by atoms with Gasteiger partial charge >= 0.3 is 24.1 Å². The minimum atomic E-state index is -1.46. The summed E-state index contributed by atoms with van der Waals surface area (Å²) in [6.45, 7) is 19.8. The van der Waals surface area contributed by atoms with Gasteiger partial charge in [0.15, 0.2) is 36.2 Å². The van der Waals surface area contributed by atoms with Crippen molar-refractivity contribution in [2.24, 2.45) is 29.6 Å². The monoisotopic (exact) mass is 1150 g/mol. The first-order chi connectivity index (χ1) is 38.4. The maximum atomic E-state index is 15.4. The zero-order chi connectivity index (χ0) is 59.1. The number of nitrogens with zero attached hydrogens (tertiary/aromatic N) is 5. The van der Waals surface area contributed by atoms with Crippen LogP contribution in [0.5, 0.6) is 0 Å². The van der Waals surface area contributed by atoms with Crippen molar-refractivity contribution in [1.82, 2.24) is 24.6 Å². The first-order valence-corrected chi connectivity index (χ1v) is 29.2. The molecule has 0 radical (unpaired) electrons. The number of fused-ring (bicyclic) bond motifs is 1. The normalized spacial score (nSPS) is 36.9. The number of aromatic nitrogens is 4. The zero-order valence-electron chi connectivity index (χ0n) is 49.6.